The summed E-state index contributed by atoms with van der Waals surface area (Å²) in [6, 6.07) is 20.2. The smallest absolute Gasteiger partial charge is 0.119 e. The fourth-order valence-electron chi connectivity index (χ4n) is 5.87. The summed E-state index contributed by atoms with van der Waals surface area (Å²) in [7, 11) is 0. The topological polar surface area (TPSA) is 53.2 Å². The molecule has 3 unspecified atom stereocenters. The average molecular weight is 490 g/mol. The summed E-state index contributed by atoms with van der Waals surface area (Å²) >= 11 is 0. The molecule has 2 aromatic rings. The van der Waals surface area contributed by atoms with E-state index in [4.69, 9.17) is 9.84 Å². The first kappa shape index (κ1) is 28.3. The summed E-state index contributed by atoms with van der Waals surface area (Å²) in [6.45, 7) is 4.64. The zero-order valence-corrected chi connectivity index (χ0v) is 22.7. The van der Waals surface area contributed by atoms with E-state index in [1.54, 1.807) is 0 Å². The third-order valence-electron chi connectivity index (χ3n) is 8.01. The Hall–Kier alpha value is -2.31. The van der Waals surface area contributed by atoms with Gasteiger partial charge >= 0.3 is 0 Å². The van der Waals surface area contributed by atoms with Crippen LogP contribution in [0.25, 0.3) is 11.1 Å². The molecular weight excluding hydrogens is 442 g/mol. The van der Waals surface area contributed by atoms with E-state index in [0.717, 1.165) is 57.1 Å². The van der Waals surface area contributed by atoms with Gasteiger partial charge in [0.15, 0.2) is 0 Å². The largest absolute Gasteiger partial charge is 0.490 e. The van der Waals surface area contributed by atoms with Crippen LogP contribution in [-0.4, -0.2) is 17.8 Å². The molecule has 0 aromatic heterocycles. The highest BCUT2D eigenvalue weighted by Gasteiger charge is 2.36. The Balaban J connectivity index is 1.59. The monoisotopic (exact) mass is 489 g/mol. The maximum absolute atomic E-state index is 10.1. The Morgan fingerprint density at radius 1 is 0.917 bits per heavy atom. The van der Waals surface area contributed by atoms with Crippen molar-refractivity contribution in [1.29, 1.82) is 5.26 Å². The summed E-state index contributed by atoms with van der Waals surface area (Å²) < 4.78 is 6.19. The van der Waals surface area contributed by atoms with E-state index in [0.29, 0.717) is 5.92 Å². The molecule has 0 saturated heterocycles. The molecule has 0 spiro atoms. The van der Waals surface area contributed by atoms with Crippen molar-refractivity contribution in [3.8, 4) is 22.9 Å². The van der Waals surface area contributed by atoms with Gasteiger partial charge in [-0.2, -0.15) is 5.26 Å². The molecular formula is C33H47NO2. The van der Waals surface area contributed by atoms with Gasteiger partial charge in [-0.25, -0.2) is 0 Å². The van der Waals surface area contributed by atoms with Crippen molar-refractivity contribution in [1.82, 2.24) is 0 Å². The quantitative estimate of drug-likeness (QED) is 0.254. The van der Waals surface area contributed by atoms with Crippen LogP contribution in [0.3, 0.4) is 0 Å². The molecule has 1 fully saturated rings. The number of unbranched alkanes of at least 4 members (excludes halogenated alkanes) is 4. The van der Waals surface area contributed by atoms with Gasteiger partial charge in [0, 0.05) is 6.61 Å². The Kier molecular flexibility index (Phi) is 11.8. The van der Waals surface area contributed by atoms with Gasteiger partial charge in [0.25, 0.3) is 0 Å². The zero-order chi connectivity index (χ0) is 25.6. The Morgan fingerprint density at radius 2 is 1.61 bits per heavy atom. The van der Waals surface area contributed by atoms with Crippen LogP contribution < -0.4 is 4.74 Å². The second-order valence-electron chi connectivity index (χ2n) is 10.9. The van der Waals surface area contributed by atoms with Crippen LogP contribution in [0, 0.1) is 16.7 Å². The Bertz CT molecular complexity index is 914. The average Bonchev–Trinajstić information content (AvgIpc) is 2.92. The fraction of sp³-hybridized carbons (Fsp3) is 0.606. The van der Waals surface area contributed by atoms with Crippen molar-refractivity contribution >= 4 is 0 Å². The van der Waals surface area contributed by atoms with Crippen molar-refractivity contribution in [3.63, 3.8) is 0 Å². The van der Waals surface area contributed by atoms with E-state index in [1.165, 1.54) is 55.2 Å². The Morgan fingerprint density at radius 3 is 2.25 bits per heavy atom. The predicted octanol–water partition coefficient (Wildman–Crippen LogP) is 9.20. The van der Waals surface area contributed by atoms with Crippen LogP contribution in [0.2, 0.25) is 0 Å². The maximum atomic E-state index is 10.1. The van der Waals surface area contributed by atoms with E-state index in [9.17, 15) is 5.26 Å². The second kappa shape index (κ2) is 15.1. The molecule has 1 aliphatic rings. The number of ether oxygens (including phenoxy) is 1. The summed E-state index contributed by atoms with van der Waals surface area (Å²) in [5, 5.41) is 19.2. The minimum absolute atomic E-state index is 0.129. The molecule has 0 amide bonds. The third-order valence-corrected chi connectivity index (χ3v) is 8.01. The number of nitrogens with zero attached hydrogens (tertiary/aromatic N) is 1. The highest BCUT2D eigenvalue weighted by Crippen LogP contribution is 2.46. The normalized spacial score (nSPS) is 20.6. The molecule has 0 heterocycles. The van der Waals surface area contributed by atoms with Gasteiger partial charge in [0.05, 0.1) is 17.6 Å². The molecule has 3 heteroatoms. The van der Waals surface area contributed by atoms with Gasteiger partial charge in [-0.1, -0.05) is 95.2 Å². The molecule has 3 atom stereocenters. The van der Waals surface area contributed by atoms with Crippen LogP contribution in [0.4, 0.5) is 0 Å². The number of nitriles is 1. The van der Waals surface area contributed by atoms with Crippen molar-refractivity contribution < 1.29 is 9.84 Å². The summed E-state index contributed by atoms with van der Waals surface area (Å²) in [5.41, 5.74) is 3.67. The second-order valence-corrected chi connectivity index (χ2v) is 10.9. The van der Waals surface area contributed by atoms with E-state index in [2.05, 4.69) is 68.4 Å². The highest BCUT2D eigenvalue weighted by atomic mass is 16.5. The summed E-state index contributed by atoms with van der Waals surface area (Å²) in [4.78, 5) is 0. The molecule has 36 heavy (non-hydrogen) atoms. The van der Waals surface area contributed by atoms with E-state index >= 15 is 0 Å². The SMILES string of the molecule is CCCCCCCC1(C#N)CCCC(c2ccc(-c3ccc(OC(CCC)CCCO)cc3)cc2)C1. The van der Waals surface area contributed by atoms with Crippen molar-refractivity contribution in [2.75, 3.05) is 6.61 Å². The van der Waals surface area contributed by atoms with Crippen LogP contribution in [0.5, 0.6) is 5.75 Å². The molecule has 0 radical (unpaired) electrons. The Labute approximate surface area is 219 Å². The third kappa shape index (κ3) is 8.38. The van der Waals surface area contributed by atoms with Gasteiger partial charge in [-0.05, 0) is 79.7 Å². The van der Waals surface area contributed by atoms with Crippen molar-refractivity contribution in [3.05, 3.63) is 54.1 Å². The lowest BCUT2D eigenvalue weighted by molar-refractivity contribution is 0.163. The lowest BCUT2D eigenvalue weighted by atomic mass is 9.66. The summed E-state index contributed by atoms with van der Waals surface area (Å²) in [5.74, 6) is 1.39. The molecule has 3 nitrogen and oxygen atoms in total. The van der Waals surface area contributed by atoms with Gasteiger partial charge in [0.1, 0.15) is 5.75 Å². The molecule has 196 valence electrons. The first-order chi connectivity index (χ1) is 17.6. The van der Waals surface area contributed by atoms with E-state index in [1.807, 2.05) is 0 Å². The molecule has 3 rings (SSSR count). The van der Waals surface area contributed by atoms with Crippen LogP contribution in [-0.2, 0) is 0 Å². The number of aliphatic hydroxyl groups is 1. The highest BCUT2D eigenvalue weighted by molar-refractivity contribution is 5.64. The van der Waals surface area contributed by atoms with Crippen LogP contribution in [0.15, 0.2) is 48.5 Å². The minimum atomic E-state index is -0.129. The van der Waals surface area contributed by atoms with Crippen LogP contribution >= 0.6 is 0 Å². The molecule has 0 bridgehead atoms. The van der Waals surface area contributed by atoms with Gasteiger partial charge in [-0.15, -0.1) is 0 Å². The molecule has 1 aliphatic carbocycles. The number of benzene rings is 2. The lowest BCUT2D eigenvalue weighted by Crippen LogP contribution is -2.26. The number of rotatable bonds is 15. The molecule has 1 N–H and O–H groups in total. The number of hydrogen-bond donors (Lipinski definition) is 1. The lowest BCUT2D eigenvalue weighted by Gasteiger charge is -2.36. The zero-order valence-electron chi connectivity index (χ0n) is 22.7. The fourth-order valence-corrected chi connectivity index (χ4v) is 5.87. The predicted molar refractivity (Wildman–Crippen MR) is 150 cm³/mol. The van der Waals surface area contributed by atoms with Crippen molar-refractivity contribution in [2.24, 2.45) is 5.41 Å². The van der Waals surface area contributed by atoms with E-state index < -0.39 is 0 Å². The maximum Gasteiger partial charge on any atom is 0.119 e. The summed E-state index contributed by atoms with van der Waals surface area (Å²) in [6.07, 6.45) is 15.8. The first-order valence-corrected chi connectivity index (χ1v) is 14.5. The van der Waals surface area contributed by atoms with Gasteiger partial charge in [-0.3, -0.25) is 0 Å². The van der Waals surface area contributed by atoms with Crippen molar-refractivity contribution in [2.45, 2.75) is 116 Å². The van der Waals surface area contributed by atoms with E-state index in [-0.39, 0.29) is 18.1 Å². The molecule has 1 saturated carbocycles. The molecule has 2 aromatic carbocycles. The van der Waals surface area contributed by atoms with Gasteiger partial charge in [0.2, 0.25) is 0 Å². The number of hydrogen-bond acceptors (Lipinski definition) is 3. The number of aliphatic hydroxyl groups excluding tert-OH is 1. The first-order valence-electron chi connectivity index (χ1n) is 14.5. The standard InChI is InChI=1S/C33H47NO2/c1-3-5-6-7-8-22-33(26-34)23-9-12-30(25-33)29-16-14-27(15-17-29)28-18-20-32(21-19-28)36-31(11-4-2)13-10-24-35/h14-21,30-31,35H,3-13,22-25H2,1-2H3. The van der Waals surface area contributed by atoms with Gasteiger partial charge < -0.3 is 9.84 Å². The minimum Gasteiger partial charge on any atom is -0.490 e. The van der Waals surface area contributed by atoms with Crippen LogP contribution in [0.1, 0.15) is 115 Å². The molecule has 0 aliphatic heterocycles.